The van der Waals surface area contributed by atoms with E-state index in [4.69, 9.17) is 4.74 Å². The fourth-order valence-corrected chi connectivity index (χ4v) is 2.59. The average molecular weight is 403 g/mol. The van der Waals surface area contributed by atoms with E-state index in [0.717, 1.165) is 0 Å². The van der Waals surface area contributed by atoms with Crippen LogP contribution in [0.4, 0.5) is 10.5 Å². The molecule has 0 fully saturated rings. The Morgan fingerprint density at radius 1 is 0.867 bits per heavy atom. The van der Waals surface area contributed by atoms with E-state index in [1.807, 2.05) is 6.07 Å². The minimum absolute atomic E-state index is 0.103. The van der Waals surface area contributed by atoms with Gasteiger partial charge in [-0.1, -0.05) is 48.5 Å². The number of Topliss-reactive ketones (excluding diaryl/α,β-unsaturated/α-hetero) is 1. The van der Waals surface area contributed by atoms with Crippen LogP contribution in [0.2, 0.25) is 0 Å². The fourth-order valence-electron chi connectivity index (χ4n) is 2.59. The first-order valence-electron chi connectivity index (χ1n) is 8.95. The summed E-state index contributed by atoms with van der Waals surface area (Å²) in [4.78, 5) is 34.9. The van der Waals surface area contributed by atoms with Gasteiger partial charge in [-0.3, -0.25) is 14.9 Å². The molecule has 0 aromatic heterocycles. The van der Waals surface area contributed by atoms with Crippen LogP contribution in [-0.4, -0.2) is 22.5 Å². The number of carbonyl (C=O) groups excluding carboxylic acids is 2. The maximum absolute atomic E-state index is 12.7. The molecule has 3 aromatic carbocycles. The van der Waals surface area contributed by atoms with Crippen LogP contribution in [0.1, 0.15) is 22.3 Å². The molecule has 1 amide bonds. The molecule has 0 radical (unpaired) electrons. The molecule has 0 spiro atoms. The highest BCUT2D eigenvalue weighted by molar-refractivity contribution is 6.15. The number of carbonyl (C=O) groups is 2. The van der Waals surface area contributed by atoms with Gasteiger partial charge in [-0.15, -0.1) is 0 Å². The highest BCUT2D eigenvalue weighted by atomic mass is 16.6. The Bertz CT molecular complexity index is 1060. The highest BCUT2D eigenvalue weighted by Crippen LogP contribution is 2.15. The zero-order chi connectivity index (χ0) is 21.3. The van der Waals surface area contributed by atoms with Gasteiger partial charge >= 0.3 is 6.09 Å². The summed E-state index contributed by atoms with van der Waals surface area (Å²) in [6.45, 7) is 0. The van der Waals surface area contributed by atoms with Gasteiger partial charge in [-0.2, -0.15) is 5.10 Å². The van der Waals surface area contributed by atoms with E-state index in [9.17, 15) is 19.7 Å². The normalized spacial score (nSPS) is 10.9. The molecule has 1 N–H and O–H groups in total. The van der Waals surface area contributed by atoms with Crippen LogP contribution < -0.4 is 10.2 Å². The smallest absolute Gasteiger partial charge is 0.409 e. The van der Waals surface area contributed by atoms with E-state index in [1.165, 1.54) is 24.3 Å². The van der Waals surface area contributed by atoms with Crippen LogP contribution in [0.15, 0.2) is 90.0 Å². The molecule has 3 aromatic rings. The number of non-ortho nitro benzene ring substituents is 1. The molecule has 8 heteroatoms. The Kier molecular flexibility index (Phi) is 6.63. The van der Waals surface area contributed by atoms with Crippen molar-refractivity contribution in [1.82, 2.24) is 5.43 Å². The predicted octanol–water partition coefficient (Wildman–Crippen LogP) is 4.36. The van der Waals surface area contributed by atoms with Crippen molar-refractivity contribution in [1.29, 1.82) is 0 Å². The Hall–Kier alpha value is -4.33. The molecule has 0 aliphatic carbocycles. The van der Waals surface area contributed by atoms with Crippen molar-refractivity contribution in [3.8, 4) is 5.75 Å². The van der Waals surface area contributed by atoms with E-state index in [0.29, 0.717) is 22.6 Å². The largest absolute Gasteiger partial charge is 0.433 e. The van der Waals surface area contributed by atoms with Gasteiger partial charge in [0.1, 0.15) is 5.75 Å². The number of ether oxygens (including phenoxy) is 1. The molecule has 0 atom stereocenters. The first-order valence-corrected chi connectivity index (χ1v) is 8.95. The van der Waals surface area contributed by atoms with Gasteiger partial charge in [0.25, 0.3) is 5.69 Å². The number of benzene rings is 3. The molecule has 0 saturated carbocycles. The summed E-state index contributed by atoms with van der Waals surface area (Å²) in [7, 11) is 0. The molecule has 0 bridgehead atoms. The van der Waals surface area contributed by atoms with Crippen molar-refractivity contribution in [2.45, 2.75) is 6.42 Å². The number of hydrogen-bond acceptors (Lipinski definition) is 6. The number of hydrogen-bond donors (Lipinski definition) is 1. The van der Waals surface area contributed by atoms with Crippen LogP contribution in [0.25, 0.3) is 0 Å². The first-order chi connectivity index (χ1) is 14.5. The SMILES string of the molecule is O=C(N/N=C(/CC(=O)c1ccc([N+](=O)[O-])cc1)c1ccccc1)Oc1ccccc1. The van der Waals surface area contributed by atoms with Crippen molar-refractivity contribution in [3.63, 3.8) is 0 Å². The molecule has 0 aliphatic heterocycles. The minimum Gasteiger partial charge on any atom is -0.409 e. The molecule has 3 rings (SSSR count). The standard InChI is InChI=1S/C22H17N3O5/c26-21(17-11-13-18(14-12-17)25(28)29)15-20(16-7-3-1-4-8-16)23-24-22(27)30-19-9-5-2-6-10-19/h1-14H,15H2,(H,24,27)/b23-20-. The average Bonchev–Trinajstić information content (AvgIpc) is 2.77. The second kappa shape index (κ2) is 9.74. The van der Waals surface area contributed by atoms with Crippen molar-refractivity contribution < 1.29 is 19.2 Å². The van der Waals surface area contributed by atoms with Crippen LogP contribution in [0.3, 0.4) is 0 Å². The Balaban J connectivity index is 1.75. The number of nitrogens with one attached hydrogen (secondary N) is 1. The molecule has 0 saturated heterocycles. The van der Waals surface area contributed by atoms with E-state index in [-0.39, 0.29) is 17.9 Å². The summed E-state index contributed by atoms with van der Waals surface area (Å²) in [6.07, 6.45) is -0.912. The zero-order valence-corrected chi connectivity index (χ0v) is 15.7. The number of para-hydroxylation sites is 1. The number of nitro groups is 1. The van der Waals surface area contributed by atoms with Crippen LogP contribution >= 0.6 is 0 Å². The molecule has 0 aliphatic rings. The summed E-state index contributed by atoms with van der Waals surface area (Å²) in [6, 6.07) is 22.7. The fraction of sp³-hybridized carbons (Fsp3) is 0.0455. The molecule has 0 heterocycles. The lowest BCUT2D eigenvalue weighted by Crippen LogP contribution is -2.24. The lowest BCUT2D eigenvalue weighted by molar-refractivity contribution is -0.384. The number of rotatable bonds is 7. The van der Waals surface area contributed by atoms with Gasteiger partial charge in [0, 0.05) is 17.7 Å². The maximum atomic E-state index is 12.7. The third-order valence-corrected chi connectivity index (χ3v) is 4.07. The molecule has 30 heavy (non-hydrogen) atoms. The third-order valence-electron chi connectivity index (χ3n) is 4.07. The summed E-state index contributed by atoms with van der Waals surface area (Å²) in [5.41, 5.74) is 3.46. The van der Waals surface area contributed by atoms with E-state index >= 15 is 0 Å². The Morgan fingerprint density at radius 2 is 1.47 bits per heavy atom. The lowest BCUT2D eigenvalue weighted by Gasteiger charge is -2.08. The zero-order valence-electron chi connectivity index (χ0n) is 15.7. The molecule has 150 valence electrons. The number of nitro benzene ring substituents is 1. The summed E-state index contributed by atoms with van der Waals surface area (Å²) in [5.74, 6) is 0.0548. The van der Waals surface area contributed by atoms with Gasteiger partial charge in [-0.25, -0.2) is 10.2 Å². The van der Waals surface area contributed by atoms with E-state index in [2.05, 4.69) is 10.5 Å². The number of amides is 1. The van der Waals surface area contributed by atoms with Gasteiger partial charge in [0.2, 0.25) is 0 Å². The molecule has 8 nitrogen and oxygen atoms in total. The molecular weight excluding hydrogens is 386 g/mol. The summed E-state index contributed by atoms with van der Waals surface area (Å²) in [5, 5.41) is 14.8. The van der Waals surface area contributed by atoms with Crippen molar-refractivity contribution >= 4 is 23.3 Å². The number of hydrazone groups is 1. The van der Waals surface area contributed by atoms with E-state index in [1.54, 1.807) is 54.6 Å². The first kappa shape index (κ1) is 20.4. The van der Waals surface area contributed by atoms with Crippen molar-refractivity contribution in [2.24, 2.45) is 5.10 Å². The van der Waals surface area contributed by atoms with Crippen molar-refractivity contribution in [3.05, 3.63) is 106 Å². The highest BCUT2D eigenvalue weighted by Gasteiger charge is 2.15. The second-order valence-corrected chi connectivity index (χ2v) is 6.14. The molecule has 0 unspecified atom stereocenters. The Labute approximate surface area is 172 Å². The van der Waals surface area contributed by atoms with Crippen LogP contribution in [0.5, 0.6) is 5.75 Å². The number of ketones is 1. The number of nitrogens with zero attached hydrogens (tertiary/aromatic N) is 2. The summed E-state index contributed by atoms with van der Waals surface area (Å²) < 4.78 is 5.12. The van der Waals surface area contributed by atoms with Crippen molar-refractivity contribution in [2.75, 3.05) is 0 Å². The summed E-state index contributed by atoms with van der Waals surface area (Å²) >= 11 is 0. The predicted molar refractivity (Wildman–Crippen MR) is 111 cm³/mol. The topological polar surface area (TPSA) is 111 Å². The molecular formula is C22H17N3O5. The monoisotopic (exact) mass is 403 g/mol. The lowest BCUT2D eigenvalue weighted by atomic mass is 10.0. The quantitative estimate of drug-likeness (QED) is 0.273. The van der Waals surface area contributed by atoms with Crippen LogP contribution in [-0.2, 0) is 0 Å². The third kappa shape index (κ3) is 5.59. The Morgan fingerprint density at radius 3 is 2.07 bits per heavy atom. The van der Waals surface area contributed by atoms with Gasteiger partial charge in [0.05, 0.1) is 17.1 Å². The van der Waals surface area contributed by atoms with Gasteiger partial charge in [0.15, 0.2) is 5.78 Å². The second-order valence-electron chi connectivity index (χ2n) is 6.14. The maximum Gasteiger partial charge on any atom is 0.433 e. The van der Waals surface area contributed by atoms with E-state index < -0.39 is 11.0 Å². The van der Waals surface area contributed by atoms with Crippen LogP contribution in [0, 0.1) is 10.1 Å². The minimum atomic E-state index is -0.794. The van der Waals surface area contributed by atoms with Gasteiger partial charge < -0.3 is 4.74 Å². The van der Waals surface area contributed by atoms with Gasteiger partial charge in [-0.05, 0) is 29.8 Å².